The van der Waals surface area contributed by atoms with Crippen molar-refractivity contribution in [2.45, 2.75) is 31.7 Å². The maximum atomic E-state index is 12.0. The third kappa shape index (κ3) is 3.43. The monoisotopic (exact) mass is 331 g/mol. The van der Waals surface area contributed by atoms with Crippen molar-refractivity contribution < 1.29 is 4.79 Å². The lowest BCUT2D eigenvalue weighted by Crippen LogP contribution is -2.32. The number of aromatic nitrogens is 1. The van der Waals surface area contributed by atoms with E-state index in [1.54, 1.807) is 12.3 Å². The number of nitrogens with two attached hydrogens (primary N) is 1. The number of hydrogen-bond acceptors (Lipinski definition) is 3. The Labute approximate surface area is 119 Å². The number of halogens is 2. The molecule has 0 atom stereocenters. The van der Waals surface area contributed by atoms with E-state index in [0.717, 1.165) is 25.7 Å². The van der Waals surface area contributed by atoms with Crippen molar-refractivity contribution in [3.05, 3.63) is 21.9 Å². The van der Waals surface area contributed by atoms with Crippen LogP contribution in [0.1, 0.15) is 25.7 Å². The van der Waals surface area contributed by atoms with Crippen molar-refractivity contribution in [3.8, 4) is 0 Å². The van der Waals surface area contributed by atoms with Gasteiger partial charge in [-0.2, -0.15) is 0 Å². The Morgan fingerprint density at radius 3 is 2.72 bits per heavy atom. The SMILES string of the molecule is NC1CCC(C(=O)Nc2cnc(Cl)c(Br)c2)CC1. The van der Waals surface area contributed by atoms with Crippen LogP contribution in [0.4, 0.5) is 5.69 Å². The first-order valence-corrected chi connectivity index (χ1v) is 7.11. The van der Waals surface area contributed by atoms with Gasteiger partial charge < -0.3 is 11.1 Å². The van der Waals surface area contributed by atoms with E-state index in [9.17, 15) is 4.79 Å². The zero-order chi connectivity index (χ0) is 13.1. The van der Waals surface area contributed by atoms with Crippen LogP contribution >= 0.6 is 27.5 Å². The molecule has 1 amide bonds. The van der Waals surface area contributed by atoms with Crippen LogP contribution in [-0.4, -0.2) is 16.9 Å². The van der Waals surface area contributed by atoms with E-state index in [2.05, 4.69) is 26.2 Å². The third-order valence-corrected chi connectivity index (χ3v) is 4.34. The molecular formula is C12H15BrClN3O. The fourth-order valence-electron chi connectivity index (χ4n) is 2.12. The first-order chi connectivity index (χ1) is 8.56. The summed E-state index contributed by atoms with van der Waals surface area (Å²) in [5.74, 6) is 0.0946. The predicted octanol–water partition coefficient (Wildman–Crippen LogP) is 2.95. The number of anilines is 1. The van der Waals surface area contributed by atoms with Crippen LogP contribution in [0.5, 0.6) is 0 Å². The molecule has 2 rings (SSSR count). The number of pyridine rings is 1. The van der Waals surface area contributed by atoms with Gasteiger partial charge in [0.15, 0.2) is 0 Å². The summed E-state index contributed by atoms with van der Waals surface area (Å²) in [5.41, 5.74) is 6.48. The van der Waals surface area contributed by atoms with Gasteiger partial charge in [-0.15, -0.1) is 0 Å². The predicted molar refractivity (Wildman–Crippen MR) is 75.5 cm³/mol. The van der Waals surface area contributed by atoms with Gasteiger partial charge in [-0.25, -0.2) is 4.98 Å². The standard InChI is InChI=1S/C12H15BrClN3O/c13-10-5-9(6-16-11(10)14)17-12(18)7-1-3-8(15)4-2-7/h5-8H,1-4,15H2,(H,17,18). The molecule has 6 heteroatoms. The van der Waals surface area contributed by atoms with Crippen molar-refractivity contribution in [1.29, 1.82) is 0 Å². The van der Waals surface area contributed by atoms with Crippen molar-refractivity contribution in [2.75, 3.05) is 5.32 Å². The molecule has 4 nitrogen and oxygen atoms in total. The molecule has 1 heterocycles. The summed E-state index contributed by atoms with van der Waals surface area (Å²) < 4.78 is 0.674. The Kier molecular flexibility index (Phi) is 4.59. The van der Waals surface area contributed by atoms with Crippen LogP contribution in [0.15, 0.2) is 16.7 Å². The summed E-state index contributed by atoms with van der Waals surface area (Å²) in [5, 5.41) is 3.25. The van der Waals surface area contributed by atoms with Crippen LogP contribution in [0.25, 0.3) is 0 Å². The van der Waals surface area contributed by atoms with Gasteiger partial charge in [-0.05, 0) is 47.7 Å². The van der Waals surface area contributed by atoms with E-state index in [4.69, 9.17) is 17.3 Å². The fourth-order valence-corrected chi connectivity index (χ4v) is 2.57. The van der Waals surface area contributed by atoms with Crippen molar-refractivity contribution in [2.24, 2.45) is 11.7 Å². The second-order valence-electron chi connectivity index (χ2n) is 4.60. The summed E-state index contributed by atoms with van der Waals surface area (Å²) in [6, 6.07) is 2.00. The number of nitrogens with zero attached hydrogens (tertiary/aromatic N) is 1. The summed E-state index contributed by atoms with van der Waals surface area (Å²) in [4.78, 5) is 16.0. The Balaban J connectivity index is 1.96. The maximum absolute atomic E-state index is 12.0. The summed E-state index contributed by atoms with van der Waals surface area (Å²) in [7, 11) is 0. The van der Waals surface area contributed by atoms with Gasteiger partial charge >= 0.3 is 0 Å². The van der Waals surface area contributed by atoms with E-state index in [1.165, 1.54) is 0 Å². The smallest absolute Gasteiger partial charge is 0.227 e. The number of carbonyl (C=O) groups is 1. The molecule has 1 aromatic rings. The Bertz CT molecular complexity index is 447. The van der Waals surface area contributed by atoms with Gasteiger partial charge in [0.05, 0.1) is 16.4 Å². The van der Waals surface area contributed by atoms with E-state index in [1.807, 2.05) is 0 Å². The lowest BCUT2D eigenvalue weighted by molar-refractivity contribution is -0.120. The molecule has 98 valence electrons. The molecule has 0 radical (unpaired) electrons. The van der Waals surface area contributed by atoms with Gasteiger partial charge in [-0.3, -0.25) is 4.79 Å². The molecule has 1 saturated carbocycles. The highest BCUT2D eigenvalue weighted by atomic mass is 79.9. The van der Waals surface area contributed by atoms with Gasteiger partial charge in [0.1, 0.15) is 5.15 Å². The molecule has 1 fully saturated rings. The molecule has 1 aliphatic rings. The van der Waals surface area contributed by atoms with Gasteiger partial charge in [0, 0.05) is 12.0 Å². The van der Waals surface area contributed by atoms with Gasteiger partial charge in [0.2, 0.25) is 5.91 Å². The largest absolute Gasteiger partial charge is 0.328 e. The minimum absolute atomic E-state index is 0.0397. The van der Waals surface area contributed by atoms with Gasteiger partial charge in [-0.1, -0.05) is 11.6 Å². The normalized spacial score (nSPS) is 23.7. The average Bonchev–Trinajstić information content (AvgIpc) is 2.34. The maximum Gasteiger partial charge on any atom is 0.227 e. The molecule has 0 saturated heterocycles. The molecule has 18 heavy (non-hydrogen) atoms. The van der Waals surface area contributed by atoms with Crippen molar-refractivity contribution in [1.82, 2.24) is 4.98 Å². The average molecular weight is 333 g/mol. The van der Waals surface area contributed by atoms with Crippen LogP contribution in [-0.2, 0) is 4.79 Å². The van der Waals surface area contributed by atoms with Gasteiger partial charge in [0.25, 0.3) is 0 Å². The molecule has 0 unspecified atom stereocenters. The number of hydrogen-bond donors (Lipinski definition) is 2. The van der Waals surface area contributed by atoms with Crippen LogP contribution < -0.4 is 11.1 Å². The topological polar surface area (TPSA) is 68.0 Å². The number of amides is 1. The van der Waals surface area contributed by atoms with E-state index in [-0.39, 0.29) is 17.9 Å². The molecule has 0 spiro atoms. The van der Waals surface area contributed by atoms with E-state index < -0.39 is 0 Å². The highest BCUT2D eigenvalue weighted by molar-refractivity contribution is 9.10. The Morgan fingerprint density at radius 2 is 2.11 bits per heavy atom. The number of rotatable bonds is 2. The lowest BCUT2D eigenvalue weighted by atomic mass is 9.86. The molecule has 1 aliphatic carbocycles. The molecule has 0 aromatic carbocycles. The van der Waals surface area contributed by atoms with E-state index in [0.29, 0.717) is 15.3 Å². The van der Waals surface area contributed by atoms with Crippen molar-refractivity contribution in [3.63, 3.8) is 0 Å². The molecule has 3 N–H and O–H groups in total. The highest BCUT2D eigenvalue weighted by Gasteiger charge is 2.24. The zero-order valence-electron chi connectivity index (χ0n) is 9.83. The summed E-state index contributed by atoms with van der Waals surface area (Å²) in [6.45, 7) is 0. The quantitative estimate of drug-likeness (QED) is 0.818. The third-order valence-electron chi connectivity index (χ3n) is 3.21. The number of carbonyl (C=O) groups excluding carboxylic acids is 1. The molecule has 1 aromatic heterocycles. The number of nitrogens with one attached hydrogen (secondary N) is 1. The first kappa shape index (κ1) is 13.8. The second-order valence-corrected chi connectivity index (χ2v) is 5.81. The summed E-state index contributed by atoms with van der Waals surface area (Å²) in [6.07, 6.45) is 5.10. The minimum atomic E-state index is 0.0397. The molecule has 0 aliphatic heterocycles. The molecule has 0 bridgehead atoms. The second kappa shape index (κ2) is 5.99. The first-order valence-electron chi connectivity index (χ1n) is 5.93. The van der Waals surface area contributed by atoms with Crippen LogP contribution in [0, 0.1) is 5.92 Å². The van der Waals surface area contributed by atoms with Crippen molar-refractivity contribution >= 4 is 39.1 Å². The van der Waals surface area contributed by atoms with Crippen LogP contribution in [0.2, 0.25) is 5.15 Å². The zero-order valence-corrected chi connectivity index (χ0v) is 12.2. The highest BCUT2D eigenvalue weighted by Crippen LogP contribution is 2.26. The minimum Gasteiger partial charge on any atom is -0.328 e. The van der Waals surface area contributed by atoms with E-state index >= 15 is 0 Å². The molecular weight excluding hydrogens is 318 g/mol. The Morgan fingerprint density at radius 1 is 1.44 bits per heavy atom. The summed E-state index contributed by atoms with van der Waals surface area (Å²) >= 11 is 9.07. The lowest BCUT2D eigenvalue weighted by Gasteiger charge is -2.25. The Hall–Kier alpha value is -0.650. The fraction of sp³-hybridized carbons (Fsp3) is 0.500. The van der Waals surface area contributed by atoms with Crippen LogP contribution in [0.3, 0.4) is 0 Å².